The van der Waals surface area contributed by atoms with Gasteiger partial charge in [-0.3, -0.25) is 0 Å². The predicted octanol–water partition coefficient (Wildman–Crippen LogP) is 1.08. The number of ether oxygens (including phenoxy) is 2. The summed E-state index contributed by atoms with van der Waals surface area (Å²) >= 11 is 0. The van der Waals surface area contributed by atoms with Gasteiger partial charge >= 0.3 is 0 Å². The smallest absolute Gasteiger partial charge is 0.163 e. The zero-order valence-electron chi connectivity index (χ0n) is 7.62. The number of hydrogen-bond acceptors (Lipinski definition) is 3. The molecule has 3 nitrogen and oxygen atoms in total. The van der Waals surface area contributed by atoms with Crippen LogP contribution in [0.4, 0.5) is 0 Å². The SMILES string of the molecule is CC1(C)OC[C@@H](C/C=C\CO)O1. The lowest BCUT2D eigenvalue weighted by molar-refractivity contribution is -0.137. The molecule has 12 heavy (non-hydrogen) atoms. The molecule has 1 fully saturated rings. The van der Waals surface area contributed by atoms with E-state index in [0.29, 0.717) is 6.61 Å². The van der Waals surface area contributed by atoms with E-state index in [-0.39, 0.29) is 12.7 Å². The lowest BCUT2D eigenvalue weighted by atomic mass is 10.2. The Kier molecular flexibility index (Phi) is 3.26. The van der Waals surface area contributed by atoms with Gasteiger partial charge < -0.3 is 14.6 Å². The summed E-state index contributed by atoms with van der Waals surface area (Å²) in [5, 5.41) is 8.48. The van der Waals surface area contributed by atoms with Crippen LogP contribution < -0.4 is 0 Å². The van der Waals surface area contributed by atoms with Crippen molar-refractivity contribution in [2.75, 3.05) is 13.2 Å². The van der Waals surface area contributed by atoms with Crippen molar-refractivity contribution < 1.29 is 14.6 Å². The highest BCUT2D eigenvalue weighted by atomic mass is 16.7. The van der Waals surface area contributed by atoms with Crippen LogP contribution in [0.3, 0.4) is 0 Å². The maximum absolute atomic E-state index is 8.48. The van der Waals surface area contributed by atoms with Crippen molar-refractivity contribution in [1.29, 1.82) is 0 Å². The van der Waals surface area contributed by atoms with Crippen LogP contribution in [0.5, 0.6) is 0 Å². The Labute approximate surface area is 73.0 Å². The Morgan fingerprint density at radius 1 is 1.50 bits per heavy atom. The third-order valence-corrected chi connectivity index (χ3v) is 1.74. The minimum atomic E-state index is -0.433. The van der Waals surface area contributed by atoms with Crippen LogP contribution in [0.1, 0.15) is 20.3 Å². The number of rotatable bonds is 3. The maximum Gasteiger partial charge on any atom is 0.163 e. The number of aliphatic hydroxyl groups excluding tert-OH is 1. The highest BCUT2D eigenvalue weighted by Gasteiger charge is 2.31. The molecule has 0 radical (unpaired) electrons. The summed E-state index contributed by atoms with van der Waals surface area (Å²) in [4.78, 5) is 0. The second-order valence-corrected chi connectivity index (χ2v) is 3.34. The molecule has 1 atom stereocenters. The summed E-state index contributed by atoms with van der Waals surface area (Å²) in [6.07, 6.45) is 4.58. The average Bonchev–Trinajstić information content (AvgIpc) is 2.31. The average molecular weight is 172 g/mol. The summed E-state index contributed by atoms with van der Waals surface area (Å²) in [7, 11) is 0. The van der Waals surface area contributed by atoms with Crippen LogP contribution in [0, 0.1) is 0 Å². The molecule has 1 saturated heterocycles. The Bertz CT molecular complexity index is 163. The first-order valence-electron chi connectivity index (χ1n) is 4.22. The first-order chi connectivity index (χ1) is 5.64. The van der Waals surface area contributed by atoms with E-state index in [1.165, 1.54) is 0 Å². The lowest BCUT2D eigenvalue weighted by Crippen LogP contribution is -2.21. The van der Waals surface area contributed by atoms with Crippen LogP contribution in [-0.4, -0.2) is 30.2 Å². The van der Waals surface area contributed by atoms with Gasteiger partial charge in [0.1, 0.15) is 0 Å². The van der Waals surface area contributed by atoms with Gasteiger partial charge in [0.2, 0.25) is 0 Å². The second kappa shape index (κ2) is 4.03. The summed E-state index contributed by atoms with van der Waals surface area (Å²) in [6, 6.07) is 0. The molecule has 0 unspecified atom stereocenters. The molecule has 0 amide bonds. The molecule has 0 bridgehead atoms. The summed E-state index contributed by atoms with van der Waals surface area (Å²) in [6.45, 7) is 4.55. The molecule has 0 aromatic heterocycles. The third kappa shape index (κ3) is 2.93. The molecule has 1 aliphatic rings. The van der Waals surface area contributed by atoms with Gasteiger partial charge in [-0.15, -0.1) is 0 Å². The largest absolute Gasteiger partial charge is 0.392 e. The molecule has 3 heteroatoms. The molecule has 0 saturated carbocycles. The molecule has 0 aromatic carbocycles. The first-order valence-corrected chi connectivity index (χ1v) is 4.22. The fraction of sp³-hybridized carbons (Fsp3) is 0.778. The Morgan fingerprint density at radius 3 is 2.75 bits per heavy atom. The Hall–Kier alpha value is -0.380. The minimum absolute atomic E-state index is 0.0942. The van der Waals surface area contributed by atoms with Crippen molar-refractivity contribution in [3.63, 3.8) is 0 Å². The monoisotopic (exact) mass is 172 g/mol. The Morgan fingerprint density at radius 2 is 2.25 bits per heavy atom. The molecular weight excluding hydrogens is 156 g/mol. The van der Waals surface area contributed by atoms with Crippen molar-refractivity contribution in [2.45, 2.75) is 32.2 Å². The van der Waals surface area contributed by atoms with Crippen molar-refractivity contribution in [2.24, 2.45) is 0 Å². The van der Waals surface area contributed by atoms with Gasteiger partial charge in [-0.1, -0.05) is 12.2 Å². The van der Waals surface area contributed by atoms with E-state index in [1.807, 2.05) is 19.9 Å². The van der Waals surface area contributed by atoms with Gasteiger partial charge in [-0.05, 0) is 20.3 Å². The summed E-state index contributed by atoms with van der Waals surface area (Å²) in [5.74, 6) is -0.433. The van der Waals surface area contributed by atoms with Crippen molar-refractivity contribution in [1.82, 2.24) is 0 Å². The van der Waals surface area contributed by atoms with Gasteiger partial charge in [0.15, 0.2) is 5.79 Å². The molecular formula is C9H16O3. The first kappa shape index (κ1) is 9.71. The highest BCUT2D eigenvalue weighted by Crippen LogP contribution is 2.23. The van der Waals surface area contributed by atoms with Crippen LogP contribution in [0.2, 0.25) is 0 Å². The number of aliphatic hydroxyl groups is 1. The highest BCUT2D eigenvalue weighted by molar-refractivity contribution is 4.86. The third-order valence-electron chi connectivity index (χ3n) is 1.74. The predicted molar refractivity (Wildman–Crippen MR) is 45.7 cm³/mol. The van der Waals surface area contributed by atoms with Gasteiger partial charge in [0.05, 0.1) is 19.3 Å². The fourth-order valence-electron chi connectivity index (χ4n) is 1.20. The minimum Gasteiger partial charge on any atom is -0.392 e. The molecule has 0 aromatic rings. The van der Waals surface area contributed by atoms with Crippen LogP contribution in [0.15, 0.2) is 12.2 Å². The van der Waals surface area contributed by atoms with E-state index in [9.17, 15) is 0 Å². The van der Waals surface area contributed by atoms with Crippen LogP contribution >= 0.6 is 0 Å². The topological polar surface area (TPSA) is 38.7 Å². The molecule has 70 valence electrons. The maximum atomic E-state index is 8.48. The lowest BCUT2D eigenvalue weighted by Gasteiger charge is -2.16. The second-order valence-electron chi connectivity index (χ2n) is 3.34. The fourth-order valence-corrected chi connectivity index (χ4v) is 1.20. The van der Waals surface area contributed by atoms with Gasteiger partial charge in [0, 0.05) is 0 Å². The van der Waals surface area contributed by atoms with E-state index >= 15 is 0 Å². The van der Waals surface area contributed by atoms with E-state index < -0.39 is 5.79 Å². The standard InChI is InChI=1S/C9H16O3/c1-9(2)11-7-8(12-9)5-3-4-6-10/h3-4,8,10H,5-7H2,1-2H3/b4-3-/t8-/m1/s1. The van der Waals surface area contributed by atoms with Crippen LogP contribution in [0.25, 0.3) is 0 Å². The molecule has 1 aliphatic heterocycles. The van der Waals surface area contributed by atoms with Crippen molar-refractivity contribution >= 4 is 0 Å². The normalized spacial score (nSPS) is 28.4. The van der Waals surface area contributed by atoms with Gasteiger partial charge in [-0.25, -0.2) is 0 Å². The zero-order valence-corrected chi connectivity index (χ0v) is 7.62. The molecule has 1 rings (SSSR count). The van der Waals surface area contributed by atoms with E-state index in [2.05, 4.69) is 0 Å². The van der Waals surface area contributed by atoms with Gasteiger partial charge in [-0.2, -0.15) is 0 Å². The van der Waals surface area contributed by atoms with E-state index in [1.54, 1.807) is 6.08 Å². The molecule has 1 heterocycles. The van der Waals surface area contributed by atoms with Crippen molar-refractivity contribution in [3.05, 3.63) is 12.2 Å². The zero-order chi connectivity index (χ0) is 9.03. The van der Waals surface area contributed by atoms with Crippen LogP contribution in [-0.2, 0) is 9.47 Å². The molecule has 1 N–H and O–H groups in total. The molecule has 0 aliphatic carbocycles. The Balaban J connectivity index is 2.24. The van der Waals surface area contributed by atoms with Crippen molar-refractivity contribution in [3.8, 4) is 0 Å². The summed E-state index contributed by atoms with van der Waals surface area (Å²) in [5.41, 5.74) is 0. The van der Waals surface area contributed by atoms with Gasteiger partial charge in [0.25, 0.3) is 0 Å². The van der Waals surface area contributed by atoms with E-state index in [0.717, 1.165) is 6.42 Å². The molecule has 0 spiro atoms. The quantitative estimate of drug-likeness (QED) is 0.647. The summed E-state index contributed by atoms with van der Waals surface area (Å²) < 4.78 is 10.9. The van der Waals surface area contributed by atoms with E-state index in [4.69, 9.17) is 14.6 Å². The number of hydrogen-bond donors (Lipinski definition) is 1.